The van der Waals surface area contributed by atoms with E-state index in [1.54, 1.807) is 4.57 Å². The Morgan fingerprint density at radius 2 is 2.14 bits per heavy atom. The summed E-state index contributed by atoms with van der Waals surface area (Å²) in [5.41, 5.74) is 1.55. The number of para-hydroxylation sites is 2. The maximum Gasteiger partial charge on any atom is 0.420 e. The minimum atomic E-state index is -0.263. The van der Waals surface area contributed by atoms with Crippen LogP contribution in [0.25, 0.3) is 11.1 Å². The van der Waals surface area contributed by atoms with Crippen molar-refractivity contribution < 1.29 is 4.42 Å². The van der Waals surface area contributed by atoms with E-state index in [1.807, 2.05) is 31.2 Å². The van der Waals surface area contributed by atoms with E-state index < -0.39 is 0 Å². The van der Waals surface area contributed by atoms with Gasteiger partial charge in [0.1, 0.15) is 0 Å². The topological polar surface area (TPSA) is 35.1 Å². The fraction of sp³-hybridized carbons (Fsp3) is 0.364. The molecule has 1 unspecified atom stereocenters. The van der Waals surface area contributed by atoms with Gasteiger partial charge in [-0.3, -0.25) is 4.57 Å². The van der Waals surface area contributed by atoms with E-state index in [4.69, 9.17) is 4.42 Å². The third-order valence-electron chi connectivity index (χ3n) is 2.55. The minimum absolute atomic E-state index is 0.186. The van der Waals surface area contributed by atoms with Crippen LogP contribution < -0.4 is 5.76 Å². The lowest BCUT2D eigenvalue weighted by molar-refractivity contribution is 0.452. The molecule has 0 radical (unpaired) electrons. The Hall–Kier alpha value is -1.51. The van der Waals surface area contributed by atoms with Crippen molar-refractivity contribution >= 4 is 11.1 Å². The highest BCUT2D eigenvalue weighted by atomic mass is 16.4. The number of nitrogens with zero attached hydrogens (tertiary/aromatic N) is 1. The molecule has 0 bridgehead atoms. The zero-order chi connectivity index (χ0) is 10.1. The Labute approximate surface area is 82.0 Å². The molecule has 74 valence electrons. The first kappa shape index (κ1) is 9.06. The summed E-state index contributed by atoms with van der Waals surface area (Å²) in [4.78, 5) is 11.5. The first-order valence-corrected chi connectivity index (χ1v) is 4.84. The van der Waals surface area contributed by atoms with Gasteiger partial charge in [-0.2, -0.15) is 0 Å². The summed E-state index contributed by atoms with van der Waals surface area (Å²) in [6.07, 6.45) is 0.920. The van der Waals surface area contributed by atoms with Crippen LogP contribution in [0.15, 0.2) is 33.5 Å². The number of benzene rings is 1. The summed E-state index contributed by atoms with van der Waals surface area (Å²) in [6.45, 7) is 4.07. The van der Waals surface area contributed by atoms with E-state index in [0.29, 0.717) is 5.58 Å². The predicted octanol–water partition coefficient (Wildman–Crippen LogP) is 2.57. The third-order valence-corrected chi connectivity index (χ3v) is 2.55. The summed E-state index contributed by atoms with van der Waals surface area (Å²) < 4.78 is 6.83. The average Bonchev–Trinajstić information content (AvgIpc) is 2.53. The van der Waals surface area contributed by atoms with Gasteiger partial charge in [0, 0.05) is 6.04 Å². The molecule has 0 aliphatic rings. The van der Waals surface area contributed by atoms with Gasteiger partial charge in [0.05, 0.1) is 5.52 Å². The number of hydrogen-bond donors (Lipinski definition) is 0. The molecule has 1 aromatic heterocycles. The number of fused-ring (bicyclic) bond motifs is 1. The van der Waals surface area contributed by atoms with Gasteiger partial charge in [-0.05, 0) is 25.5 Å². The third kappa shape index (κ3) is 1.25. The molecule has 0 spiro atoms. The quantitative estimate of drug-likeness (QED) is 0.731. The smallest absolute Gasteiger partial charge is 0.408 e. The summed E-state index contributed by atoms with van der Waals surface area (Å²) in [5, 5.41) is 0. The lowest BCUT2D eigenvalue weighted by atomic mass is 10.2. The van der Waals surface area contributed by atoms with Crippen LogP contribution in [0, 0.1) is 0 Å². The van der Waals surface area contributed by atoms with Crippen LogP contribution >= 0.6 is 0 Å². The molecule has 1 heterocycles. The molecule has 0 saturated heterocycles. The SMILES string of the molecule is CCC(C)n1c(=O)oc2ccccc21. The molecule has 2 rings (SSSR count). The molecule has 1 aromatic carbocycles. The molecule has 2 aromatic rings. The number of aromatic nitrogens is 1. The standard InChI is InChI=1S/C11H13NO2/c1-3-8(2)12-9-6-4-5-7-10(9)14-11(12)13/h4-8H,3H2,1-2H3. The largest absolute Gasteiger partial charge is 0.420 e. The molecule has 0 aliphatic carbocycles. The molecule has 0 saturated carbocycles. The van der Waals surface area contributed by atoms with Gasteiger partial charge in [-0.15, -0.1) is 0 Å². The minimum Gasteiger partial charge on any atom is -0.408 e. The predicted molar refractivity (Wildman–Crippen MR) is 55.5 cm³/mol. The Morgan fingerprint density at radius 1 is 1.43 bits per heavy atom. The van der Waals surface area contributed by atoms with Gasteiger partial charge < -0.3 is 4.42 Å². The molecule has 3 nitrogen and oxygen atoms in total. The van der Waals surface area contributed by atoms with Gasteiger partial charge in [0.25, 0.3) is 0 Å². The molecule has 3 heteroatoms. The van der Waals surface area contributed by atoms with Crippen molar-refractivity contribution in [2.24, 2.45) is 0 Å². The van der Waals surface area contributed by atoms with E-state index in [2.05, 4.69) is 6.92 Å². The fourth-order valence-corrected chi connectivity index (χ4v) is 1.58. The molecule has 0 N–H and O–H groups in total. The Balaban J connectivity index is 2.74. The van der Waals surface area contributed by atoms with Crippen molar-refractivity contribution in [1.82, 2.24) is 4.57 Å². The van der Waals surface area contributed by atoms with Crippen molar-refractivity contribution in [3.8, 4) is 0 Å². The summed E-state index contributed by atoms with van der Waals surface area (Å²) in [7, 11) is 0. The molecule has 0 fully saturated rings. The summed E-state index contributed by atoms with van der Waals surface area (Å²) in [6, 6.07) is 7.69. The summed E-state index contributed by atoms with van der Waals surface area (Å²) >= 11 is 0. The average molecular weight is 191 g/mol. The van der Waals surface area contributed by atoms with Crippen LogP contribution in [-0.2, 0) is 0 Å². The van der Waals surface area contributed by atoms with Crippen molar-refractivity contribution in [3.63, 3.8) is 0 Å². The number of rotatable bonds is 2. The molecule has 0 aliphatic heterocycles. The summed E-state index contributed by atoms with van der Waals surface area (Å²) in [5.74, 6) is -0.263. The van der Waals surface area contributed by atoms with E-state index in [0.717, 1.165) is 11.9 Å². The number of oxazole rings is 1. The van der Waals surface area contributed by atoms with Crippen LogP contribution in [0.5, 0.6) is 0 Å². The van der Waals surface area contributed by atoms with Crippen LogP contribution in [-0.4, -0.2) is 4.57 Å². The highest BCUT2D eigenvalue weighted by molar-refractivity contribution is 5.72. The zero-order valence-electron chi connectivity index (χ0n) is 8.36. The van der Waals surface area contributed by atoms with Crippen molar-refractivity contribution in [1.29, 1.82) is 0 Å². The van der Waals surface area contributed by atoms with Crippen LogP contribution in [0.2, 0.25) is 0 Å². The first-order valence-electron chi connectivity index (χ1n) is 4.84. The van der Waals surface area contributed by atoms with Crippen LogP contribution in [0.1, 0.15) is 26.3 Å². The normalized spacial score (nSPS) is 13.3. The van der Waals surface area contributed by atoms with E-state index in [1.165, 1.54) is 0 Å². The Morgan fingerprint density at radius 3 is 2.86 bits per heavy atom. The van der Waals surface area contributed by atoms with Crippen molar-refractivity contribution in [2.75, 3.05) is 0 Å². The fourth-order valence-electron chi connectivity index (χ4n) is 1.58. The second-order valence-electron chi connectivity index (χ2n) is 3.46. The van der Waals surface area contributed by atoms with Gasteiger partial charge in [-0.25, -0.2) is 4.79 Å². The van der Waals surface area contributed by atoms with Crippen LogP contribution in [0.3, 0.4) is 0 Å². The van der Waals surface area contributed by atoms with Gasteiger partial charge in [0.2, 0.25) is 0 Å². The lowest BCUT2D eigenvalue weighted by Crippen LogP contribution is -2.17. The monoisotopic (exact) mass is 191 g/mol. The Bertz CT molecular complexity index is 495. The van der Waals surface area contributed by atoms with Crippen molar-refractivity contribution in [2.45, 2.75) is 26.3 Å². The molecule has 1 atom stereocenters. The van der Waals surface area contributed by atoms with E-state index in [-0.39, 0.29) is 11.8 Å². The highest BCUT2D eigenvalue weighted by Crippen LogP contribution is 2.17. The second-order valence-corrected chi connectivity index (χ2v) is 3.46. The van der Waals surface area contributed by atoms with Gasteiger partial charge in [-0.1, -0.05) is 19.1 Å². The Kier molecular flexibility index (Phi) is 2.15. The van der Waals surface area contributed by atoms with Gasteiger partial charge in [0.15, 0.2) is 5.58 Å². The molecular formula is C11H13NO2. The van der Waals surface area contributed by atoms with Crippen molar-refractivity contribution in [3.05, 3.63) is 34.8 Å². The number of hydrogen-bond acceptors (Lipinski definition) is 2. The first-order chi connectivity index (χ1) is 6.74. The van der Waals surface area contributed by atoms with E-state index >= 15 is 0 Å². The van der Waals surface area contributed by atoms with E-state index in [9.17, 15) is 4.79 Å². The molecular weight excluding hydrogens is 178 g/mol. The maximum atomic E-state index is 11.5. The molecule has 14 heavy (non-hydrogen) atoms. The van der Waals surface area contributed by atoms with Crippen LogP contribution in [0.4, 0.5) is 0 Å². The second kappa shape index (κ2) is 3.33. The lowest BCUT2D eigenvalue weighted by Gasteiger charge is -2.08. The zero-order valence-corrected chi connectivity index (χ0v) is 8.36. The highest BCUT2D eigenvalue weighted by Gasteiger charge is 2.12. The van der Waals surface area contributed by atoms with Gasteiger partial charge >= 0.3 is 5.76 Å². The molecule has 0 amide bonds. The maximum absolute atomic E-state index is 11.5.